The van der Waals surface area contributed by atoms with Crippen LogP contribution < -0.4 is 10.1 Å². The molecule has 1 N–H and O–H groups in total. The second kappa shape index (κ2) is 10.4. The molecule has 1 aromatic heterocycles. The van der Waals surface area contributed by atoms with E-state index in [0.29, 0.717) is 25.3 Å². The summed E-state index contributed by atoms with van der Waals surface area (Å²) in [5.74, 6) is 0.705. The summed E-state index contributed by atoms with van der Waals surface area (Å²) in [6.07, 6.45) is -1.79. The lowest BCUT2D eigenvalue weighted by atomic mass is 10.0. The molecular weight excluding hydrogens is 479 g/mol. The average molecular weight is 506 g/mol. The van der Waals surface area contributed by atoms with Crippen LogP contribution in [0, 0.1) is 0 Å². The number of halogens is 3. The Morgan fingerprint density at radius 2 is 1.70 bits per heavy atom. The second-order valence-electron chi connectivity index (χ2n) is 8.93. The summed E-state index contributed by atoms with van der Waals surface area (Å²) in [6, 6.07) is 25.2. The molecule has 5 nitrogen and oxygen atoms in total. The van der Waals surface area contributed by atoms with Gasteiger partial charge in [-0.25, -0.2) is 4.79 Å². The number of amides is 2. The van der Waals surface area contributed by atoms with Crippen molar-refractivity contribution >= 4 is 11.7 Å². The van der Waals surface area contributed by atoms with Crippen molar-refractivity contribution in [2.24, 2.45) is 0 Å². The molecule has 5 rings (SSSR count). The molecule has 0 saturated carbocycles. The molecule has 0 saturated heterocycles. The Morgan fingerprint density at radius 3 is 2.46 bits per heavy atom. The van der Waals surface area contributed by atoms with E-state index in [9.17, 15) is 18.0 Å². The van der Waals surface area contributed by atoms with Crippen LogP contribution in [0.15, 0.2) is 97.2 Å². The van der Waals surface area contributed by atoms with Gasteiger partial charge in [0, 0.05) is 30.7 Å². The lowest BCUT2D eigenvalue weighted by Crippen LogP contribution is -2.38. The molecule has 1 unspecified atom stereocenters. The predicted octanol–water partition coefficient (Wildman–Crippen LogP) is 7.11. The molecule has 190 valence electrons. The Labute approximate surface area is 213 Å². The van der Waals surface area contributed by atoms with Crippen molar-refractivity contribution in [3.8, 4) is 5.75 Å². The molecule has 0 radical (unpaired) electrons. The highest BCUT2D eigenvalue weighted by atomic mass is 19.4. The van der Waals surface area contributed by atoms with E-state index in [4.69, 9.17) is 4.74 Å². The highest BCUT2D eigenvalue weighted by molar-refractivity contribution is 5.90. The first-order valence-corrected chi connectivity index (χ1v) is 12.0. The number of carbonyl (C=O) groups is 1. The number of aryl methyl sites for hydroxylation is 1. The Kier molecular flexibility index (Phi) is 6.90. The van der Waals surface area contributed by atoms with E-state index in [0.717, 1.165) is 35.5 Å². The van der Waals surface area contributed by atoms with E-state index in [1.54, 1.807) is 4.90 Å². The zero-order valence-electron chi connectivity index (χ0n) is 20.0. The van der Waals surface area contributed by atoms with Crippen LogP contribution in [-0.4, -0.2) is 22.0 Å². The molecule has 1 aliphatic rings. The third kappa shape index (κ3) is 5.63. The number of anilines is 1. The smallest absolute Gasteiger partial charge is 0.416 e. The number of benzene rings is 3. The van der Waals surface area contributed by atoms with Crippen molar-refractivity contribution in [2.45, 2.75) is 31.8 Å². The van der Waals surface area contributed by atoms with E-state index in [2.05, 4.69) is 9.88 Å². The van der Waals surface area contributed by atoms with Crippen LogP contribution in [0.2, 0.25) is 0 Å². The highest BCUT2D eigenvalue weighted by Crippen LogP contribution is 2.34. The van der Waals surface area contributed by atoms with Gasteiger partial charge in [-0.3, -0.25) is 0 Å². The van der Waals surface area contributed by atoms with Crippen LogP contribution in [0.1, 0.15) is 34.8 Å². The van der Waals surface area contributed by atoms with Gasteiger partial charge in [-0.05, 0) is 60.0 Å². The third-order valence-electron chi connectivity index (χ3n) is 6.40. The molecule has 3 aromatic carbocycles. The normalized spacial score (nSPS) is 15.5. The van der Waals surface area contributed by atoms with Crippen molar-refractivity contribution in [1.82, 2.24) is 9.47 Å². The molecule has 2 heterocycles. The van der Waals surface area contributed by atoms with Gasteiger partial charge in [0.2, 0.25) is 0 Å². The van der Waals surface area contributed by atoms with E-state index >= 15 is 0 Å². The van der Waals surface area contributed by atoms with Gasteiger partial charge in [0.25, 0.3) is 0 Å². The Bertz CT molecular complexity index is 1350. The van der Waals surface area contributed by atoms with Crippen LogP contribution in [0.25, 0.3) is 0 Å². The van der Waals surface area contributed by atoms with Gasteiger partial charge in [0.15, 0.2) is 0 Å². The Hall–Kier alpha value is -4.20. The topological polar surface area (TPSA) is 46.5 Å². The standard InChI is InChI=1S/C29H26F3N3O2/c30-29(31,32)23-9-4-10-24(19-23)33-28(36)35-18-6-17-34-16-5-11-26(34)27(35)22-12-14-25(15-13-22)37-20-21-7-2-1-3-8-21/h1-5,7-16,19,27H,6,17-18,20H2,(H,33,36). The Morgan fingerprint density at radius 1 is 0.919 bits per heavy atom. The molecular formula is C29H26F3N3O2. The summed E-state index contributed by atoms with van der Waals surface area (Å²) in [7, 11) is 0. The molecule has 1 atom stereocenters. The summed E-state index contributed by atoms with van der Waals surface area (Å²) in [6.45, 7) is 1.63. The lowest BCUT2D eigenvalue weighted by molar-refractivity contribution is -0.137. The van der Waals surface area contributed by atoms with Crippen LogP contribution in [0.5, 0.6) is 5.75 Å². The Balaban J connectivity index is 1.39. The van der Waals surface area contributed by atoms with Crippen LogP contribution in [0.3, 0.4) is 0 Å². The number of fused-ring (bicyclic) bond motifs is 1. The fourth-order valence-corrected chi connectivity index (χ4v) is 4.60. The van der Waals surface area contributed by atoms with Gasteiger partial charge >= 0.3 is 12.2 Å². The summed E-state index contributed by atoms with van der Waals surface area (Å²) in [4.78, 5) is 15.1. The minimum absolute atomic E-state index is 0.0999. The van der Waals surface area contributed by atoms with E-state index in [-0.39, 0.29) is 5.69 Å². The fourth-order valence-electron chi connectivity index (χ4n) is 4.60. The first-order valence-electron chi connectivity index (χ1n) is 12.0. The van der Waals surface area contributed by atoms with Crippen molar-refractivity contribution in [2.75, 3.05) is 11.9 Å². The average Bonchev–Trinajstić information content (AvgIpc) is 3.28. The molecule has 1 aliphatic heterocycles. The van der Waals surface area contributed by atoms with Gasteiger partial charge in [-0.1, -0.05) is 48.5 Å². The zero-order chi connectivity index (χ0) is 25.8. The summed E-state index contributed by atoms with van der Waals surface area (Å²) < 4.78 is 47.6. The molecule has 0 fully saturated rings. The molecule has 4 aromatic rings. The quantitative estimate of drug-likeness (QED) is 0.314. The van der Waals surface area contributed by atoms with Crippen LogP contribution in [-0.2, 0) is 19.3 Å². The first kappa shape index (κ1) is 24.5. The van der Waals surface area contributed by atoms with Gasteiger partial charge in [0.05, 0.1) is 11.6 Å². The van der Waals surface area contributed by atoms with Crippen molar-refractivity contribution in [1.29, 1.82) is 0 Å². The van der Waals surface area contributed by atoms with Gasteiger partial charge in [-0.2, -0.15) is 13.2 Å². The van der Waals surface area contributed by atoms with Crippen molar-refractivity contribution < 1.29 is 22.7 Å². The number of ether oxygens (including phenoxy) is 1. The number of nitrogens with zero attached hydrogens (tertiary/aromatic N) is 2. The molecule has 0 bridgehead atoms. The lowest BCUT2D eigenvalue weighted by Gasteiger charge is -2.31. The van der Waals surface area contributed by atoms with Crippen molar-refractivity contribution in [3.63, 3.8) is 0 Å². The fraction of sp³-hybridized carbons (Fsp3) is 0.207. The second-order valence-corrected chi connectivity index (χ2v) is 8.93. The summed E-state index contributed by atoms with van der Waals surface area (Å²) in [5, 5.41) is 2.68. The van der Waals surface area contributed by atoms with E-state index < -0.39 is 23.8 Å². The minimum atomic E-state index is -4.49. The minimum Gasteiger partial charge on any atom is -0.489 e. The molecule has 2 amide bonds. The molecule has 0 aliphatic carbocycles. The maximum Gasteiger partial charge on any atom is 0.416 e. The largest absolute Gasteiger partial charge is 0.489 e. The number of nitrogens with one attached hydrogen (secondary N) is 1. The van der Waals surface area contributed by atoms with E-state index in [1.807, 2.05) is 72.9 Å². The van der Waals surface area contributed by atoms with Crippen LogP contribution >= 0.6 is 0 Å². The monoisotopic (exact) mass is 505 g/mol. The zero-order valence-corrected chi connectivity index (χ0v) is 20.0. The van der Waals surface area contributed by atoms with Gasteiger partial charge < -0.3 is 19.5 Å². The first-order chi connectivity index (χ1) is 17.9. The molecule has 37 heavy (non-hydrogen) atoms. The van der Waals surface area contributed by atoms with Gasteiger partial charge in [0.1, 0.15) is 12.4 Å². The number of alkyl halides is 3. The number of aromatic nitrogens is 1. The van der Waals surface area contributed by atoms with Crippen molar-refractivity contribution in [3.05, 3.63) is 120 Å². The van der Waals surface area contributed by atoms with Crippen LogP contribution in [0.4, 0.5) is 23.7 Å². The maximum absolute atomic E-state index is 13.4. The molecule has 8 heteroatoms. The van der Waals surface area contributed by atoms with Gasteiger partial charge in [-0.15, -0.1) is 0 Å². The number of urea groups is 1. The number of hydrogen-bond acceptors (Lipinski definition) is 2. The highest BCUT2D eigenvalue weighted by Gasteiger charge is 2.33. The predicted molar refractivity (Wildman–Crippen MR) is 135 cm³/mol. The maximum atomic E-state index is 13.4. The summed E-state index contributed by atoms with van der Waals surface area (Å²) in [5.41, 5.74) is 2.17. The molecule has 0 spiro atoms. The SMILES string of the molecule is O=C(Nc1cccc(C(F)(F)F)c1)N1CCCn2cccc2C1c1ccc(OCc2ccccc2)cc1. The van der Waals surface area contributed by atoms with E-state index in [1.165, 1.54) is 12.1 Å². The number of rotatable bonds is 5. The summed E-state index contributed by atoms with van der Waals surface area (Å²) >= 11 is 0. The third-order valence-corrected chi connectivity index (χ3v) is 6.40. The number of carbonyl (C=O) groups excluding carboxylic acids is 1. The number of hydrogen-bond donors (Lipinski definition) is 1.